The van der Waals surface area contributed by atoms with Gasteiger partial charge in [0.15, 0.2) is 0 Å². The lowest BCUT2D eigenvalue weighted by molar-refractivity contribution is -0.128. The third-order valence-electron chi connectivity index (χ3n) is 8.87. The second-order valence-electron chi connectivity index (χ2n) is 13.4. The second-order valence-corrected chi connectivity index (χ2v) is 13.4. The van der Waals surface area contributed by atoms with Gasteiger partial charge in [-0.2, -0.15) is 0 Å². The maximum atomic E-state index is 13.3. The van der Waals surface area contributed by atoms with Crippen LogP contribution in [0.3, 0.4) is 0 Å². The van der Waals surface area contributed by atoms with Gasteiger partial charge in [0.25, 0.3) is 5.91 Å². The van der Waals surface area contributed by atoms with Crippen LogP contribution in [0.5, 0.6) is 5.75 Å². The standard InChI is InChI=1S/C34H60N4O6.2ClH/c1-24(2)26(22-36-32(40)27-12-8-9-13-31(27)44-17-11-10-16-42-7)20-29(35)30(39)21-28(25(3)4)33(41)37-23-34(5,6)38-14-18-43-19-15-38;;/h8-9,12-13,24-26,28-30,39H,10-11,14-23,35H2,1-7H3,(H,36,40)(H,37,41);2*1H/t26-,28+,29-,30-;;/m0../s1. The number of rotatable bonds is 20. The minimum Gasteiger partial charge on any atom is -0.493 e. The van der Waals surface area contributed by atoms with Crippen LogP contribution in [0, 0.1) is 23.7 Å². The van der Waals surface area contributed by atoms with Crippen LogP contribution in [0.2, 0.25) is 0 Å². The van der Waals surface area contributed by atoms with Crippen molar-refractivity contribution in [3.8, 4) is 5.75 Å². The fourth-order valence-corrected chi connectivity index (χ4v) is 5.56. The SMILES string of the molecule is COCCCCOc1ccccc1C(=O)NC[C@H](C[C@H](N)[C@@H](O)C[C@@H](C(=O)NCC(C)(C)N1CCOCC1)C(C)C)C(C)C.Cl.Cl. The van der Waals surface area contributed by atoms with Gasteiger partial charge >= 0.3 is 0 Å². The van der Waals surface area contributed by atoms with E-state index in [1.165, 1.54) is 0 Å². The highest BCUT2D eigenvalue weighted by Crippen LogP contribution is 2.24. The molecule has 12 heteroatoms. The molecule has 2 amide bonds. The van der Waals surface area contributed by atoms with E-state index in [0.717, 1.165) is 25.9 Å². The number of methoxy groups -OCH3 is 1. The molecule has 0 spiro atoms. The highest BCUT2D eigenvalue weighted by molar-refractivity contribution is 5.96. The number of halogens is 2. The summed E-state index contributed by atoms with van der Waals surface area (Å²) in [5.74, 6) is 0.264. The summed E-state index contributed by atoms with van der Waals surface area (Å²) >= 11 is 0. The molecule has 0 radical (unpaired) electrons. The number of nitrogens with one attached hydrogen (secondary N) is 2. The van der Waals surface area contributed by atoms with Crippen molar-refractivity contribution in [3.05, 3.63) is 29.8 Å². The predicted octanol–water partition coefficient (Wildman–Crippen LogP) is 4.31. The van der Waals surface area contributed by atoms with E-state index in [4.69, 9.17) is 19.9 Å². The molecular formula is C34H62Cl2N4O6. The normalized spacial score (nSPS) is 16.5. The van der Waals surface area contributed by atoms with Crippen molar-refractivity contribution in [2.75, 3.05) is 59.7 Å². The Kier molecular flexibility index (Phi) is 22.0. The number of carbonyl (C=O) groups excluding carboxylic acids is 2. The van der Waals surface area contributed by atoms with Crippen molar-refractivity contribution >= 4 is 36.6 Å². The number of aliphatic hydroxyl groups is 1. The Balaban J connectivity index is 0.0000101. The molecule has 1 aromatic carbocycles. The molecule has 1 aromatic rings. The zero-order valence-corrected chi connectivity index (χ0v) is 30.7. The first-order valence-corrected chi connectivity index (χ1v) is 16.4. The molecule has 268 valence electrons. The van der Waals surface area contributed by atoms with Crippen LogP contribution in [-0.4, -0.2) is 99.2 Å². The maximum absolute atomic E-state index is 13.3. The number of hydrogen-bond donors (Lipinski definition) is 4. The molecular weight excluding hydrogens is 631 g/mol. The van der Waals surface area contributed by atoms with Crippen LogP contribution in [0.4, 0.5) is 0 Å². The zero-order valence-electron chi connectivity index (χ0n) is 29.1. The number of aliphatic hydroxyl groups excluding tert-OH is 1. The number of nitrogens with two attached hydrogens (primary N) is 1. The van der Waals surface area contributed by atoms with Gasteiger partial charge in [0.1, 0.15) is 5.75 Å². The molecule has 46 heavy (non-hydrogen) atoms. The molecule has 0 aromatic heterocycles. The monoisotopic (exact) mass is 692 g/mol. The minimum atomic E-state index is -0.843. The Labute approximate surface area is 290 Å². The largest absolute Gasteiger partial charge is 0.493 e. The van der Waals surface area contributed by atoms with Crippen molar-refractivity contribution in [2.45, 2.75) is 84.9 Å². The fourth-order valence-electron chi connectivity index (χ4n) is 5.56. The van der Waals surface area contributed by atoms with Crippen LogP contribution in [0.1, 0.15) is 77.6 Å². The van der Waals surface area contributed by atoms with E-state index in [1.54, 1.807) is 13.2 Å². The molecule has 1 saturated heterocycles. The average molecular weight is 694 g/mol. The summed E-state index contributed by atoms with van der Waals surface area (Å²) in [5.41, 5.74) is 6.84. The van der Waals surface area contributed by atoms with Gasteiger partial charge in [-0.1, -0.05) is 39.8 Å². The second kappa shape index (κ2) is 22.8. The Bertz CT molecular complexity index is 994. The minimum absolute atomic E-state index is 0. The quantitative estimate of drug-likeness (QED) is 0.149. The van der Waals surface area contributed by atoms with Crippen molar-refractivity contribution in [3.63, 3.8) is 0 Å². The molecule has 4 atom stereocenters. The summed E-state index contributed by atoms with van der Waals surface area (Å²) in [6.07, 6.45) is 1.69. The van der Waals surface area contributed by atoms with Gasteiger partial charge in [-0.15, -0.1) is 24.8 Å². The number of benzene rings is 1. The molecule has 1 aliphatic rings. The van der Waals surface area contributed by atoms with Crippen LogP contribution in [-0.2, 0) is 14.3 Å². The first-order valence-electron chi connectivity index (χ1n) is 16.4. The van der Waals surface area contributed by atoms with Crippen LogP contribution in [0.15, 0.2) is 24.3 Å². The lowest BCUT2D eigenvalue weighted by atomic mass is 9.83. The molecule has 0 bridgehead atoms. The summed E-state index contributed by atoms with van der Waals surface area (Å²) in [6.45, 7) is 17.7. The highest BCUT2D eigenvalue weighted by Gasteiger charge is 2.33. The number of morpholine rings is 1. The molecule has 1 fully saturated rings. The molecule has 0 aliphatic carbocycles. The van der Waals surface area contributed by atoms with Gasteiger partial charge in [-0.05, 0) is 69.4 Å². The molecule has 0 unspecified atom stereocenters. The molecule has 10 nitrogen and oxygen atoms in total. The van der Waals surface area contributed by atoms with E-state index in [1.807, 2.05) is 32.0 Å². The van der Waals surface area contributed by atoms with Crippen molar-refractivity contribution in [1.82, 2.24) is 15.5 Å². The van der Waals surface area contributed by atoms with Gasteiger partial charge in [0.2, 0.25) is 5.91 Å². The number of unbranched alkanes of at least 4 members (excludes halogenated alkanes) is 1. The first-order chi connectivity index (χ1) is 20.9. The smallest absolute Gasteiger partial charge is 0.255 e. The average Bonchev–Trinajstić information content (AvgIpc) is 3.00. The number of amides is 2. The van der Waals surface area contributed by atoms with Gasteiger partial charge in [-0.25, -0.2) is 0 Å². The number of carbonyl (C=O) groups is 2. The molecule has 1 heterocycles. The third-order valence-corrected chi connectivity index (χ3v) is 8.87. The predicted molar refractivity (Wildman–Crippen MR) is 189 cm³/mol. The van der Waals surface area contributed by atoms with Gasteiger partial charge in [-0.3, -0.25) is 14.5 Å². The summed E-state index contributed by atoms with van der Waals surface area (Å²) in [7, 11) is 1.68. The van der Waals surface area contributed by atoms with E-state index in [9.17, 15) is 14.7 Å². The van der Waals surface area contributed by atoms with Gasteiger partial charge in [0.05, 0.1) is 31.5 Å². The third kappa shape index (κ3) is 15.0. The van der Waals surface area contributed by atoms with Crippen molar-refractivity contribution in [2.24, 2.45) is 29.4 Å². The van der Waals surface area contributed by atoms with E-state index in [-0.39, 0.29) is 72.3 Å². The van der Waals surface area contributed by atoms with E-state index in [2.05, 4.69) is 43.2 Å². The Morgan fingerprint density at radius 2 is 1.63 bits per heavy atom. The van der Waals surface area contributed by atoms with Crippen molar-refractivity contribution in [1.29, 1.82) is 0 Å². The lowest BCUT2D eigenvalue weighted by Crippen LogP contribution is -2.56. The van der Waals surface area contributed by atoms with Crippen LogP contribution in [0.25, 0.3) is 0 Å². The Morgan fingerprint density at radius 3 is 2.24 bits per heavy atom. The first kappa shape index (κ1) is 44.3. The Hall–Kier alpha value is -1.66. The topological polar surface area (TPSA) is 135 Å². The van der Waals surface area contributed by atoms with Gasteiger partial charge < -0.3 is 35.7 Å². The number of ether oxygens (including phenoxy) is 3. The van der Waals surface area contributed by atoms with E-state index >= 15 is 0 Å². The lowest BCUT2D eigenvalue weighted by Gasteiger charge is -2.41. The number of nitrogens with zero attached hydrogens (tertiary/aromatic N) is 1. The summed E-state index contributed by atoms with van der Waals surface area (Å²) < 4.78 is 16.4. The van der Waals surface area contributed by atoms with Gasteiger partial charge in [0, 0.05) is 57.4 Å². The zero-order chi connectivity index (χ0) is 32.7. The number of para-hydroxylation sites is 1. The number of hydrogen-bond acceptors (Lipinski definition) is 8. The van der Waals surface area contributed by atoms with Crippen molar-refractivity contribution < 1.29 is 28.9 Å². The molecule has 1 aliphatic heterocycles. The maximum Gasteiger partial charge on any atom is 0.255 e. The van der Waals surface area contributed by atoms with E-state index in [0.29, 0.717) is 57.3 Å². The fraction of sp³-hybridized carbons (Fsp3) is 0.765. The highest BCUT2D eigenvalue weighted by atomic mass is 35.5. The summed E-state index contributed by atoms with van der Waals surface area (Å²) in [6, 6.07) is 6.72. The molecule has 0 saturated carbocycles. The van der Waals surface area contributed by atoms with E-state index < -0.39 is 12.1 Å². The Morgan fingerprint density at radius 1 is 1.00 bits per heavy atom. The van der Waals surface area contributed by atoms with Crippen LogP contribution < -0.4 is 21.1 Å². The molecule has 5 N–H and O–H groups in total. The molecule has 2 rings (SSSR count). The summed E-state index contributed by atoms with van der Waals surface area (Å²) in [4.78, 5) is 28.8. The van der Waals surface area contributed by atoms with Crippen LogP contribution >= 0.6 is 24.8 Å². The summed E-state index contributed by atoms with van der Waals surface area (Å²) in [5, 5.41) is 17.3.